The van der Waals surface area contributed by atoms with Gasteiger partial charge in [0.05, 0.1) is 5.39 Å². The standard InChI is InChI=1S/C13H9N3O/c14-10-5-6-15-13-12(10)9-4-2-1-3-8(9)7-11(17)16-13/h1-7H,14H2. The van der Waals surface area contributed by atoms with Crippen molar-refractivity contribution >= 4 is 27.5 Å². The van der Waals surface area contributed by atoms with Crippen LogP contribution in [0.15, 0.2) is 47.4 Å². The zero-order valence-corrected chi connectivity index (χ0v) is 8.92. The third-order valence-corrected chi connectivity index (χ3v) is 2.69. The Kier molecular flexibility index (Phi) is 2.01. The van der Waals surface area contributed by atoms with Gasteiger partial charge in [0.25, 0.3) is 5.56 Å². The molecule has 0 atom stereocenters. The number of hydrogen-bond donors (Lipinski definition) is 1. The summed E-state index contributed by atoms with van der Waals surface area (Å²) in [6, 6.07) is 10.8. The molecule has 0 unspecified atom stereocenters. The summed E-state index contributed by atoms with van der Waals surface area (Å²) in [5.74, 6) is 0. The quantitative estimate of drug-likeness (QED) is 0.630. The minimum absolute atomic E-state index is 0.311. The number of rotatable bonds is 0. The van der Waals surface area contributed by atoms with Crippen molar-refractivity contribution in [1.29, 1.82) is 0 Å². The first kappa shape index (κ1) is 9.72. The topological polar surface area (TPSA) is 68.9 Å². The highest BCUT2D eigenvalue weighted by Gasteiger charge is 2.04. The first-order valence-electron chi connectivity index (χ1n) is 5.20. The number of nitrogens with zero attached hydrogens (tertiary/aromatic N) is 2. The normalized spacial score (nSPS) is 10.8. The van der Waals surface area contributed by atoms with E-state index in [2.05, 4.69) is 9.97 Å². The first-order valence-corrected chi connectivity index (χ1v) is 5.20. The summed E-state index contributed by atoms with van der Waals surface area (Å²) in [6.45, 7) is 0. The van der Waals surface area contributed by atoms with E-state index in [0.29, 0.717) is 11.3 Å². The van der Waals surface area contributed by atoms with Gasteiger partial charge in [-0.3, -0.25) is 4.79 Å². The van der Waals surface area contributed by atoms with E-state index in [1.807, 2.05) is 24.3 Å². The number of fused-ring (bicyclic) bond motifs is 3. The molecule has 1 aromatic carbocycles. The molecule has 0 saturated carbocycles. The third-order valence-electron chi connectivity index (χ3n) is 2.69. The number of benzene rings is 1. The lowest BCUT2D eigenvalue weighted by Crippen LogP contribution is -1.99. The summed E-state index contributed by atoms with van der Waals surface area (Å²) in [4.78, 5) is 19.6. The van der Waals surface area contributed by atoms with E-state index < -0.39 is 0 Å². The number of hydrogen-bond acceptors (Lipinski definition) is 4. The van der Waals surface area contributed by atoms with Crippen molar-refractivity contribution in [2.24, 2.45) is 0 Å². The molecule has 3 rings (SSSR count). The Morgan fingerprint density at radius 3 is 2.82 bits per heavy atom. The van der Waals surface area contributed by atoms with Crippen LogP contribution in [-0.2, 0) is 0 Å². The Balaban J connectivity index is 2.75. The lowest BCUT2D eigenvalue weighted by molar-refractivity contribution is 1.25. The van der Waals surface area contributed by atoms with E-state index >= 15 is 0 Å². The van der Waals surface area contributed by atoms with E-state index in [0.717, 1.165) is 16.2 Å². The molecule has 0 spiro atoms. The van der Waals surface area contributed by atoms with E-state index in [4.69, 9.17) is 5.73 Å². The van der Waals surface area contributed by atoms with Crippen LogP contribution in [0.1, 0.15) is 0 Å². The monoisotopic (exact) mass is 223 g/mol. The Hall–Kier alpha value is -2.49. The molecule has 2 N–H and O–H groups in total. The molecule has 4 heteroatoms. The molecule has 4 nitrogen and oxygen atoms in total. The van der Waals surface area contributed by atoms with Crippen LogP contribution in [0, 0.1) is 0 Å². The van der Waals surface area contributed by atoms with Crippen LogP contribution in [0.3, 0.4) is 0 Å². The molecular weight excluding hydrogens is 214 g/mol. The zero-order valence-electron chi connectivity index (χ0n) is 8.92. The molecule has 0 amide bonds. The van der Waals surface area contributed by atoms with Crippen molar-refractivity contribution in [3.8, 4) is 0 Å². The van der Waals surface area contributed by atoms with Crippen molar-refractivity contribution < 1.29 is 0 Å². The average Bonchev–Trinajstić information content (AvgIpc) is 2.44. The highest BCUT2D eigenvalue weighted by atomic mass is 16.1. The van der Waals surface area contributed by atoms with Gasteiger partial charge in [0.1, 0.15) is 0 Å². The molecule has 0 aliphatic heterocycles. The lowest BCUT2D eigenvalue weighted by Gasteiger charge is -1.99. The second kappa shape index (κ2) is 3.52. The largest absolute Gasteiger partial charge is 0.398 e. The van der Waals surface area contributed by atoms with Gasteiger partial charge in [-0.1, -0.05) is 24.3 Å². The van der Waals surface area contributed by atoms with Crippen LogP contribution in [0.25, 0.3) is 21.8 Å². The number of pyridine rings is 1. The van der Waals surface area contributed by atoms with Crippen LogP contribution in [0.5, 0.6) is 0 Å². The van der Waals surface area contributed by atoms with Crippen molar-refractivity contribution in [3.05, 3.63) is 52.9 Å². The molecule has 3 aromatic rings. The molecule has 0 aliphatic rings. The zero-order chi connectivity index (χ0) is 11.8. The van der Waals surface area contributed by atoms with Gasteiger partial charge >= 0.3 is 0 Å². The van der Waals surface area contributed by atoms with Crippen LogP contribution in [0.2, 0.25) is 0 Å². The fraction of sp³-hybridized carbons (Fsp3) is 0. The van der Waals surface area contributed by atoms with Crippen LogP contribution in [-0.4, -0.2) is 9.97 Å². The summed E-state index contributed by atoms with van der Waals surface area (Å²) in [5.41, 5.74) is 6.60. The predicted molar refractivity (Wildman–Crippen MR) is 67.7 cm³/mol. The number of aromatic nitrogens is 2. The Morgan fingerprint density at radius 1 is 1.12 bits per heavy atom. The molecule has 0 aliphatic carbocycles. The van der Waals surface area contributed by atoms with Crippen molar-refractivity contribution in [2.45, 2.75) is 0 Å². The van der Waals surface area contributed by atoms with E-state index in [-0.39, 0.29) is 5.56 Å². The Morgan fingerprint density at radius 2 is 1.94 bits per heavy atom. The van der Waals surface area contributed by atoms with Gasteiger partial charge in [0.2, 0.25) is 0 Å². The fourth-order valence-electron chi connectivity index (χ4n) is 1.95. The highest BCUT2D eigenvalue weighted by Crippen LogP contribution is 2.24. The Bertz CT molecular complexity index is 784. The van der Waals surface area contributed by atoms with Crippen molar-refractivity contribution in [2.75, 3.05) is 5.73 Å². The van der Waals surface area contributed by atoms with Crippen LogP contribution < -0.4 is 11.3 Å². The summed E-state index contributed by atoms with van der Waals surface area (Å²) in [6.07, 6.45) is 1.55. The van der Waals surface area contributed by atoms with Crippen molar-refractivity contribution in [1.82, 2.24) is 9.97 Å². The van der Waals surface area contributed by atoms with E-state index in [1.165, 1.54) is 6.07 Å². The highest BCUT2D eigenvalue weighted by molar-refractivity contribution is 6.08. The summed E-state index contributed by atoms with van der Waals surface area (Å²) in [7, 11) is 0. The molecule has 82 valence electrons. The number of nitrogens with two attached hydrogens (primary N) is 1. The second-order valence-corrected chi connectivity index (χ2v) is 3.78. The maximum absolute atomic E-state index is 11.6. The van der Waals surface area contributed by atoms with Gasteiger partial charge in [-0.05, 0) is 16.8 Å². The van der Waals surface area contributed by atoms with Crippen LogP contribution in [0.4, 0.5) is 5.69 Å². The van der Waals surface area contributed by atoms with Gasteiger partial charge in [0, 0.05) is 18.0 Å². The van der Waals surface area contributed by atoms with Gasteiger partial charge in [0.15, 0.2) is 5.65 Å². The molecular formula is C13H9N3O. The van der Waals surface area contributed by atoms with Gasteiger partial charge in [-0.25, -0.2) is 4.98 Å². The molecule has 2 aromatic heterocycles. The number of anilines is 1. The van der Waals surface area contributed by atoms with Gasteiger partial charge in [-0.15, -0.1) is 0 Å². The second-order valence-electron chi connectivity index (χ2n) is 3.78. The minimum Gasteiger partial charge on any atom is -0.398 e. The molecule has 17 heavy (non-hydrogen) atoms. The number of nitrogen functional groups attached to an aromatic ring is 1. The summed E-state index contributed by atoms with van der Waals surface area (Å²) >= 11 is 0. The minimum atomic E-state index is -0.311. The third kappa shape index (κ3) is 1.50. The maximum Gasteiger partial charge on any atom is 0.272 e. The molecule has 0 saturated heterocycles. The van der Waals surface area contributed by atoms with E-state index in [9.17, 15) is 4.79 Å². The fourth-order valence-corrected chi connectivity index (χ4v) is 1.95. The summed E-state index contributed by atoms with van der Waals surface area (Å²) in [5, 5.41) is 2.44. The molecule has 0 fully saturated rings. The first-order chi connectivity index (χ1) is 8.25. The van der Waals surface area contributed by atoms with Crippen LogP contribution >= 0.6 is 0 Å². The molecule has 0 bridgehead atoms. The van der Waals surface area contributed by atoms with Gasteiger partial charge < -0.3 is 5.73 Å². The lowest BCUT2D eigenvalue weighted by atomic mass is 10.1. The molecule has 0 radical (unpaired) electrons. The average molecular weight is 223 g/mol. The maximum atomic E-state index is 11.6. The van der Waals surface area contributed by atoms with Crippen molar-refractivity contribution in [3.63, 3.8) is 0 Å². The van der Waals surface area contributed by atoms with Gasteiger partial charge in [-0.2, -0.15) is 4.98 Å². The Labute approximate surface area is 96.7 Å². The summed E-state index contributed by atoms with van der Waals surface area (Å²) < 4.78 is 0. The molecule has 2 heterocycles. The van der Waals surface area contributed by atoms with E-state index in [1.54, 1.807) is 12.3 Å². The SMILES string of the molecule is Nc1ccnc2nc(=O)cc3ccccc3c12. The smallest absolute Gasteiger partial charge is 0.272 e. The predicted octanol–water partition coefficient (Wildman–Crippen LogP) is 1.73.